The second kappa shape index (κ2) is 5.19. The molecule has 0 aromatic heterocycles. The van der Waals surface area contributed by atoms with E-state index in [9.17, 15) is 0 Å². The molecule has 0 spiro atoms. The van der Waals surface area contributed by atoms with Crippen LogP contribution in [0, 0.1) is 5.41 Å². The molecule has 90 valence electrons. The highest BCUT2D eigenvalue weighted by molar-refractivity contribution is 9.10. The molecule has 0 aliphatic carbocycles. The van der Waals surface area contributed by atoms with Crippen molar-refractivity contribution in [1.82, 2.24) is 0 Å². The zero-order valence-electron chi connectivity index (χ0n) is 10.4. The van der Waals surface area contributed by atoms with Gasteiger partial charge in [0.15, 0.2) is 0 Å². The number of hydrogen-bond donors (Lipinski definition) is 1. The van der Waals surface area contributed by atoms with Crippen LogP contribution < -0.4 is 10.5 Å². The van der Waals surface area contributed by atoms with Gasteiger partial charge < -0.3 is 10.5 Å². The third-order valence-corrected chi connectivity index (χ3v) is 3.77. The molecule has 0 fully saturated rings. The highest BCUT2D eigenvalue weighted by Crippen LogP contribution is 2.39. The molecule has 0 heterocycles. The molecular formula is C13H20BrNO. The molecule has 0 saturated carbocycles. The molecule has 1 aromatic rings. The molecule has 1 atom stereocenters. The first-order valence-electron chi connectivity index (χ1n) is 5.51. The Bertz CT molecular complexity index is 363. The predicted molar refractivity (Wildman–Crippen MR) is 71.7 cm³/mol. The number of methoxy groups -OCH3 is 1. The molecule has 0 radical (unpaired) electrons. The largest absolute Gasteiger partial charge is 0.496 e. The lowest BCUT2D eigenvalue weighted by molar-refractivity contribution is 0.271. The predicted octanol–water partition coefficient (Wildman–Crippen LogP) is 3.89. The van der Waals surface area contributed by atoms with E-state index in [0.717, 1.165) is 22.2 Å². The zero-order chi connectivity index (χ0) is 12.3. The zero-order valence-corrected chi connectivity index (χ0v) is 12.0. The molecule has 0 bridgehead atoms. The average Bonchev–Trinajstić information content (AvgIpc) is 2.28. The summed E-state index contributed by atoms with van der Waals surface area (Å²) in [5.74, 6) is 0.859. The van der Waals surface area contributed by atoms with Crippen LogP contribution in [-0.2, 0) is 0 Å². The number of nitrogens with two attached hydrogens (primary N) is 1. The van der Waals surface area contributed by atoms with Crippen LogP contribution in [0.25, 0.3) is 0 Å². The Labute approximate surface area is 106 Å². The van der Waals surface area contributed by atoms with Crippen molar-refractivity contribution in [2.75, 3.05) is 7.11 Å². The van der Waals surface area contributed by atoms with Crippen molar-refractivity contribution in [3.8, 4) is 5.75 Å². The van der Waals surface area contributed by atoms with Gasteiger partial charge in [0.25, 0.3) is 0 Å². The number of rotatable bonds is 4. The first-order valence-corrected chi connectivity index (χ1v) is 6.30. The molecule has 2 nitrogen and oxygen atoms in total. The van der Waals surface area contributed by atoms with Gasteiger partial charge in [-0.1, -0.05) is 36.7 Å². The summed E-state index contributed by atoms with van der Waals surface area (Å²) in [6.07, 6.45) is 1.03. The van der Waals surface area contributed by atoms with Crippen molar-refractivity contribution in [3.05, 3.63) is 28.2 Å². The van der Waals surface area contributed by atoms with Crippen molar-refractivity contribution in [1.29, 1.82) is 0 Å². The summed E-state index contributed by atoms with van der Waals surface area (Å²) in [4.78, 5) is 0. The molecule has 0 saturated heterocycles. The summed E-state index contributed by atoms with van der Waals surface area (Å²) in [5.41, 5.74) is 7.45. The second-order valence-electron chi connectivity index (χ2n) is 4.71. The van der Waals surface area contributed by atoms with Gasteiger partial charge in [-0.3, -0.25) is 0 Å². The summed E-state index contributed by atoms with van der Waals surface area (Å²) >= 11 is 3.47. The first-order chi connectivity index (χ1) is 7.42. The normalized spacial score (nSPS) is 13.6. The molecule has 1 rings (SSSR count). The lowest BCUT2D eigenvalue weighted by atomic mass is 9.78. The number of benzene rings is 1. The second-order valence-corrected chi connectivity index (χ2v) is 5.62. The van der Waals surface area contributed by atoms with Gasteiger partial charge in [-0.25, -0.2) is 0 Å². The Hall–Kier alpha value is -0.540. The van der Waals surface area contributed by atoms with Crippen molar-refractivity contribution >= 4 is 15.9 Å². The highest BCUT2D eigenvalue weighted by Gasteiger charge is 2.28. The maximum Gasteiger partial charge on any atom is 0.123 e. The third-order valence-electron chi connectivity index (χ3n) is 3.28. The van der Waals surface area contributed by atoms with E-state index in [-0.39, 0.29) is 11.5 Å². The van der Waals surface area contributed by atoms with E-state index in [2.05, 4.69) is 36.7 Å². The van der Waals surface area contributed by atoms with Crippen LogP contribution in [0.4, 0.5) is 0 Å². The Kier molecular flexibility index (Phi) is 4.39. The molecule has 0 aliphatic rings. The summed E-state index contributed by atoms with van der Waals surface area (Å²) in [6.45, 7) is 6.51. The molecule has 1 aromatic carbocycles. The van der Waals surface area contributed by atoms with Gasteiger partial charge in [0.1, 0.15) is 5.75 Å². The Balaban J connectivity index is 3.16. The van der Waals surface area contributed by atoms with Crippen molar-refractivity contribution in [2.24, 2.45) is 11.1 Å². The molecular weight excluding hydrogens is 266 g/mol. The van der Waals surface area contributed by atoms with Crippen molar-refractivity contribution < 1.29 is 4.74 Å². The highest BCUT2D eigenvalue weighted by atomic mass is 79.9. The fraction of sp³-hybridized carbons (Fsp3) is 0.538. The van der Waals surface area contributed by atoms with Gasteiger partial charge in [-0.05, 0) is 30.0 Å². The van der Waals surface area contributed by atoms with E-state index < -0.39 is 0 Å². The van der Waals surface area contributed by atoms with E-state index >= 15 is 0 Å². The van der Waals surface area contributed by atoms with Crippen molar-refractivity contribution in [2.45, 2.75) is 33.2 Å². The molecule has 3 heteroatoms. The van der Waals surface area contributed by atoms with E-state index in [1.165, 1.54) is 0 Å². The molecule has 0 amide bonds. The standard InChI is InChI=1S/C13H20BrNO/c1-5-13(2,3)12(15)10-8-9(14)6-7-11(10)16-4/h6-8,12H,5,15H2,1-4H3. The van der Waals surface area contributed by atoms with Crippen LogP contribution in [0.2, 0.25) is 0 Å². The van der Waals surface area contributed by atoms with Gasteiger partial charge in [-0.15, -0.1) is 0 Å². The maximum absolute atomic E-state index is 6.33. The summed E-state index contributed by atoms with van der Waals surface area (Å²) in [7, 11) is 1.68. The van der Waals surface area contributed by atoms with Crippen LogP contribution >= 0.6 is 15.9 Å². The molecule has 16 heavy (non-hydrogen) atoms. The van der Waals surface area contributed by atoms with Gasteiger partial charge in [0.05, 0.1) is 7.11 Å². The van der Waals surface area contributed by atoms with Gasteiger partial charge in [-0.2, -0.15) is 0 Å². The topological polar surface area (TPSA) is 35.2 Å². The SMILES string of the molecule is CCC(C)(C)C(N)c1cc(Br)ccc1OC. The molecule has 0 aliphatic heterocycles. The molecule has 1 unspecified atom stereocenters. The minimum Gasteiger partial charge on any atom is -0.496 e. The van der Waals surface area contributed by atoms with Crippen LogP contribution in [0.5, 0.6) is 5.75 Å². The van der Waals surface area contributed by atoms with Gasteiger partial charge in [0, 0.05) is 16.1 Å². The van der Waals surface area contributed by atoms with Crippen LogP contribution in [0.1, 0.15) is 38.8 Å². The fourth-order valence-electron chi connectivity index (χ4n) is 1.59. The van der Waals surface area contributed by atoms with E-state index in [4.69, 9.17) is 10.5 Å². The fourth-order valence-corrected chi connectivity index (χ4v) is 1.97. The maximum atomic E-state index is 6.33. The van der Waals surface area contributed by atoms with Crippen LogP contribution in [0.3, 0.4) is 0 Å². The van der Waals surface area contributed by atoms with Gasteiger partial charge >= 0.3 is 0 Å². The number of hydrogen-bond acceptors (Lipinski definition) is 2. The Morgan fingerprint density at radius 1 is 1.44 bits per heavy atom. The summed E-state index contributed by atoms with van der Waals surface area (Å²) < 4.78 is 6.39. The minimum atomic E-state index is -0.0232. The van der Waals surface area contributed by atoms with Crippen molar-refractivity contribution in [3.63, 3.8) is 0 Å². The smallest absolute Gasteiger partial charge is 0.123 e. The minimum absolute atomic E-state index is 0.0232. The summed E-state index contributed by atoms with van der Waals surface area (Å²) in [5, 5.41) is 0. The summed E-state index contributed by atoms with van der Waals surface area (Å²) in [6, 6.07) is 5.94. The van der Waals surface area contributed by atoms with Crippen LogP contribution in [0.15, 0.2) is 22.7 Å². The van der Waals surface area contributed by atoms with E-state index in [0.29, 0.717) is 0 Å². The lowest BCUT2D eigenvalue weighted by Crippen LogP contribution is -2.28. The van der Waals surface area contributed by atoms with Crippen LogP contribution in [-0.4, -0.2) is 7.11 Å². The monoisotopic (exact) mass is 285 g/mol. The quantitative estimate of drug-likeness (QED) is 0.911. The molecule has 2 N–H and O–H groups in total. The Morgan fingerprint density at radius 3 is 2.56 bits per heavy atom. The third kappa shape index (κ3) is 2.77. The van der Waals surface area contributed by atoms with Gasteiger partial charge in [0.2, 0.25) is 0 Å². The Morgan fingerprint density at radius 2 is 2.06 bits per heavy atom. The lowest BCUT2D eigenvalue weighted by Gasteiger charge is -2.31. The van der Waals surface area contributed by atoms with E-state index in [1.807, 2.05) is 18.2 Å². The first kappa shape index (κ1) is 13.5. The number of ether oxygens (including phenoxy) is 1. The number of halogens is 1. The average molecular weight is 286 g/mol. The van der Waals surface area contributed by atoms with E-state index in [1.54, 1.807) is 7.11 Å².